The van der Waals surface area contributed by atoms with E-state index in [9.17, 15) is 4.79 Å². The molecule has 1 aliphatic carbocycles. The van der Waals surface area contributed by atoms with Crippen LogP contribution in [-0.2, 0) is 9.53 Å². The van der Waals surface area contributed by atoms with Gasteiger partial charge < -0.3 is 4.74 Å². The molecule has 2 atom stereocenters. The highest BCUT2D eigenvalue weighted by Gasteiger charge is 2.60. The third kappa shape index (κ3) is 1.26. The highest BCUT2D eigenvalue weighted by atomic mass is 16.5. The zero-order valence-electron chi connectivity index (χ0n) is 8.13. The van der Waals surface area contributed by atoms with Gasteiger partial charge in [0, 0.05) is 0 Å². The van der Waals surface area contributed by atoms with Crippen molar-refractivity contribution in [2.75, 3.05) is 7.11 Å². The number of methoxy groups -OCH3 is 1. The zero-order valence-corrected chi connectivity index (χ0v) is 8.13. The number of allylic oxidation sites excluding steroid dienone is 2. The maximum Gasteiger partial charge on any atom is 0.309 e. The Labute approximate surface area is 73.6 Å². The van der Waals surface area contributed by atoms with Crippen molar-refractivity contribution >= 4 is 5.97 Å². The lowest BCUT2D eigenvalue weighted by Gasteiger charge is -1.98. The highest BCUT2D eigenvalue weighted by molar-refractivity contribution is 5.78. The summed E-state index contributed by atoms with van der Waals surface area (Å²) in [4.78, 5) is 11.2. The van der Waals surface area contributed by atoms with E-state index >= 15 is 0 Å². The second kappa shape index (κ2) is 2.92. The van der Waals surface area contributed by atoms with Crippen molar-refractivity contribution in [1.82, 2.24) is 0 Å². The lowest BCUT2D eigenvalue weighted by molar-refractivity contribution is -0.143. The summed E-state index contributed by atoms with van der Waals surface area (Å²) in [5, 5.41) is 0. The predicted molar refractivity (Wildman–Crippen MR) is 47.6 cm³/mol. The first kappa shape index (κ1) is 9.30. The first-order chi connectivity index (χ1) is 5.55. The van der Waals surface area contributed by atoms with Gasteiger partial charge >= 0.3 is 5.97 Å². The smallest absolute Gasteiger partial charge is 0.309 e. The predicted octanol–water partition coefficient (Wildman–Crippen LogP) is 2.01. The van der Waals surface area contributed by atoms with Crippen molar-refractivity contribution in [3.63, 3.8) is 0 Å². The van der Waals surface area contributed by atoms with Gasteiger partial charge in [-0.1, -0.05) is 26.0 Å². The van der Waals surface area contributed by atoms with E-state index in [0.717, 1.165) is 0 Å². The molecule has 1 fully saturated rings. The van der Waals surface area contributed by atoms with Gasteiger partial charge in [-0.3, -0.25) is 4.79 Å². The van der Waals surface area contributed by atoms with Crippen LogP contribution < -0.4 is 0 Å². The van der Waals surface area contributed by atoms with E-state index in [1.807, 2.05) is 13.0 Å². The topological polar surface area (TPSA) is 26.3 Å². The first-order valence-corrected chi connectivity index (χ1v) is 4.26. The van der Waals surface area contributed by atoms with Gasteiger partial charge in [0.05, 0.1) is 13.0 Å². The summed E-state index contributed by atoms with van der Waals surface area (Å²) in [6.45, 7) is 6.17. The fourth-order valence-corrected chi connectivity index (χ4v) is 1.82. The van der Waals surface area contributed by atoms with Crippen molar-refractivity contribution in [3.05, 3.63) is 12.2 Å². The van der Waals surface area contributed by atoms with Gasteiger partial charge in [-0.2, -0.15) is 0 Å². The number of carbonyl (C=O) groups excluding carboxylic acids is 1. The van der Waals surface area contributed by atoms with Gasteiger partial charge in [-0.15, -0.1) is 0 Å². The largest absolute Gasteiger partial charge is 0.469 e. The average Bonchev–Trinajstić information content (AvgIpc) is 2.53. The number of rotatable bonds is 2. The molecule has 0 amide bonds. The molecule has 0 aromatic heterocycles. The summed E-state index contributed by atoms with van der Waals surface area (Å²) in [6.07, 6.45) is 4.08. The van der Waals surface area contributed by atoms with Crippen LogP contribution >= 0.6 is 0 Å². The van der Waals surface area contributed by atoms with Crippen LogP contribution in [0.5, 0.6) is 0 Å². The molecule has 2 heteroatoms. The van der Waals surface area contributed by atoms with Crippen molar-refractivity contribution < 1.29 is 9.53 Å². The van der Waals surface area contributed by atoms with Crippen molar-refractivity contribution in [2.24, 2.45) is 17.3 Å². The number of hydrogen-bond acceptors (Lipinski definition) is 2. The van der Waals surface area contributed by atoms with Crippen LogP contribution in [0.1, 0.15) is 20.8 Å². The molecule has 0 bridgehead atoms. The minimum atomic E-state index is -0.0805. The number of ether oxygens (including phenoxy) is 1. The normalized spacial score (nSPS) is 32.0. The molecule has 0 aliphatic heterocycles. The number of carbonyl (C=O) groups is 1. The van der Waals surface area contributed by atoms with Crippen LogP contribution in [0.3, 0.4) is 0 Å². The van der Waals surface area contributed by atoms with Crippen molar-refractivity contribution in [2.45, 2.75) is 20.8 Å². The van der Waals surface area contributed by atoms with Crippen LogP contribution in [0.25, 0.3) is 0 Å². The van der Waals surface area contributed by atoms with E-state index in [-0.39, 0.29) is 17.3 Å². The molecule has 0 saturated heterocycles. The molecule has 2 nitrogen and oxygen atoms in total. The minimum absolute atomic E-state index is 0.0682. The molecule has 1 aliphatic rings. The van der Waals surface area contributed by atoms with Crippen molar-refractivity contribution in [3.8, 4) is 0 Å². The van der Waals surface area contributed by atoms with Crippen LogP contribution in [0.4, 0.5) is 0 Å². The fourth-order valence-electron chi connectivity index (χ4n) is 1.82. The highest BCUT2D eigenvalue weighted by Crippen LogP contribution is 2.59. The van der Waals surface area contributed by atoms with Gasteiger partial charge in [-0.05, 0) is 18.3 Å². The molecule has 0 radical (unpaired) electrons. The summed E-state index contributed by atoms with van der Waals surface area (Å²) in [5.74, 6) is 0.358. The standard InChI is InChI=1S/C10H16O2/c1-5-6-7-8(9(11)12-4)10(7,2)3/h5-8H,1-4H3/b6-5-. The van der Waals surface area contributed by atoms with E-state index in [1.54, 1.807) is 0 Å². The molecule has 0 heterocycles. The Morgan fingerprint density at radius 2 is 2.08 bits per heavy atom. The Morgan fingerprint density at radius 3 is 2.50 bits per heavy atom. The Bertz CT molecular complexity index is 216. The van der Waals surface area contributed by atoms with Crippen LogP contribution in [0.2, 0.25) is 0 Å². The average molecular weight is 168 g/mol. The van der Waals surface area contributed by atoms with E-state index in [1.165, 1.54) is 7.11 Å². The molecule has 0 aromatic carbocycles. The first-order valence-electron chi connectivity index (χ1n) is 4.26. The molecule has 12 heavy (non-hydrogen) atoms. The molecule has 2 unspecified atom stereocenters. The minimum Gasteiger partial charge on any atom is -0.469 e. The molecular formula is C10H16O2. The van der Waals surface area contributed by atoms with Crippen LogP contribution in [-0.4, -0.2) is 13.1 Å². The van der Waals surface area contributed by atoms with Gasteiger partial charge in [0.2, 0.25) is 0 Å². The zero-order chi connectivity index (χ0) is 9.35. The fraction of sp³-hybridized carbons (Fsp3) is 0.700. The Hall–Kier alpha value is -0.790. The summed E-state index contributed by atoms with van der Waals surface area (Å²) in [7, 11) is 1.45. The monoisotopic (exact) mass is 168 g/mol. The third-order valence-electron chi connectivity index (χ3n) is 2.77. The van der Waals surface area contributed by atoms with Crippen molar-refractivity contribution in [1.29, 1.82) is 0 Å². The maximum atomic E-state index is 11.2. The number of esters is 1. The molecule has 1 saturated carbocycles. The number of hydrogen-bond donors (Lipinski definition) is 0. The van der Waals surface area contributed by atoms with Gasteiger partial charge in [0.25, 0.3) is 0 Å². The van der Waals surface area contributed by atoms with Gasteiger partial charge in [-0.25, -0.2) is 0 Å². The van der Waals surface area contributed by atoms with E-state index < -0.39 is 0 Å². The maximum absolute atomic E-state index is 11.2. The van der Waals surface area contributed by atoms with Crippen LogP contribution in [0.15, 0.2) is 12.2 Å². The Balaban J connectivity index is 2.66. The molecule has 0 spiro atoms. The van der Waals surface area contributed by atoms with E-state index in [4.69, 9.17) is 4.74 Å². The third-order valence-corrected chi connectivity index (χ3v) is 2.77. The molecule has 0 aromatic rings. The molecule has 68 valence electrons. The lowest BCUT2D eigenvalue weighted by Crippen LogP contribution is -2.07. The van der Waals surface area contributed by atoms with E-state index in [2.05, 4.69) is 19.9 Å². The second-order valence-corrected chi connectivity index (χ2v) is 3.87. The summed E-state index contributed by atoms with van der Waals surface area (Å²) in [6, 6.07) is 0. The SMILES string of the molecule is C/C=C\C1C(C(=O)OC)C1(C)C. The van der Waals surface area contributed by atoms with E-state index in [0.29, 0.717) is 5.92 Å². The summed E-state index contributed by atoms with van der Waals surface area (Å²) >= 11 is 0. The summed E-state index contributed by atoms with van der Waals surface area (Å²) < 4.78 is 4.71. The second-order valence-electron chi connectivity index (χ2n) is 3.87. The van der Waals surface area contributed by atoms with Gasteiger partial charge in [0.15, 0.2) is 0 Å². The quantitative estimate of drug-likeness (QED) is 0.465. The van der Waals surface area contributed by atoms with Gasteiger partial charge in [0.1, 0.15) is 0 Å². The molecular weight excluding hydrogens is 152 g/mol. The molecule has 0 N–H and O–H groups in total. The molecule has 1 rings (SSSR count). The Kier molecular flexibility index (Phi) is 2.27. The Morgan fingerprint density at radius 1 is 1.50 bits per heavy atom. The lowest BCUT2D eigenvalue weighted by atomic mass is 10.1. The summed E-state index contributed by atoms with van der Waals surface area (Å²) in [5.41, 5.74) is 0.0968. The van der Waals surface area contributed by atoms with Crippen LogP contribution in [0, 0.1) is 17.3 Å².